The zero-order chi connectivity index (χ0) is 18.7. The molecule has 26 heavy (non-hydrogen) atoms. The summed E-state index contributed by atoms with van der Waals surface area (Å²) in [5, 5.41) is 6.64. The number of pyridine rings is 1. The summed E-state index contributed by atoms with van der Waals surface area (Å²) in [6, 6.07) is 7.85. The number of hydrogen-bond donors (Lipinski definition) is 1. The van der Waals surface area contributed by atoms with Crippen molar-refractivity contribution in [2.24, 2.45) is 5.10 Å². The first-order valence-electron chi connectivity index (χ1n) is 7.37. The molecule has 134 valence electrons. The summed E-state index contributed by atoms with van der Waals surface area (Å²) < 4.78 is 38.0. The molecule has 9 heteroatoms. The molecule has 0 unspecified atom stereocenters. The Bertz CT molecular complexity index is 936. The number of anilines is 1. The van der Waals surface area contributed by atoms with Gasteiger partial charge in [-0.3, -0.25) is 10.4 Å². The summed E-state index contributed by atoms with van der Waals surface area (Å²) in [5.41, 5.74) is 4.57. The largest absolute Gasteiger partial charge is 0.417 e. The Morgan fingerprint density at radius 1 is 1.23 bits per heavy atom. The second-order valence-corrected chi connectivity index (χ2v) is 6.60. The lowest BCUT2D eigenvalue weighted by atomic mass is 10.1. The van der Waals surface area contributed by atoms with Gasteiger partial charge in [-0.05, 0) is 18.6 Å². The van der Waals surface area contributed by atoms with Crippen molar-refractivity contribution >= 4 is 34.3 Å². The van der Waals surface area contributed by atoms with Crippen molar-refractivity contribution in [1.82, 2.24) is 9.97 Å². The summed E-state index contributed by atoms with van der Waals surface area (Å²) in [6.07, 6.45) is -2.09. The molecule has 0 saturated carbocycles. The minimum absolute atomic E-state index is 0.0537. The van der Waals surface area contributed by atoms with E-state index in [1.54, 1.807) is 30.5 Å². The monoisotopic (exact) mass is 396 g/mol. The van der Waals surface area contributed by atoms with Crippen molar-refractivity contribution in [1.29, 1.82) is 0 Å². The first-order chi connectivity index (χ1) is 12.3. The molecule has 4 nitrogen and oxygen atoms in total. The van der Waals surface area contributed by atoms with Crippen LogP contribution in [0.5, 0.6) is 0 Å². The summed E-state index contributed by atoms with van der Waals surface area (Å²) >= 11 is 7.41. The highest BCUT2D eigenvalue weighted by molar-refractivity contribution is 7.13. The second-order valence-electron chi connectivity index (χ2n) is 5.34. The Morgan fingerprint density at radius 3 is 2.54 bits per heavy atom. The SMILES string of the molecule is Cc1csc(NN=Cc2ccc(-c3ncc(C(F)(F)F)cc3Cl)cc2)n1. The van der Waals surface area contributed by atoms with Crippen LogP contribution in [0.2, 0.25) is 5.02 Å². The lowest BCUT2D eigenvalue weighted by Crippen LogP contribution is -2.05. The molecule has 0 atom stereocenters. The summed E-state index contributed by atoms with van der Waals surface area (Å²) in [5.74, 6) is 0. The number of halogens is 4. The molecule has 0 spiro atoms. The van der Waals surface area contributed by atoms with Gasteiger partial charge in [0.25, 0.3) is 0 Å². The summed E-state index contributed by atoms with van der Waals surface area (Å²) in [6.45, 7) is 1.89. The fourth-order valence-corrected chi connectivity index (χ4v) is 3.01. The van der Waals surface area contributed by atoms with Crippen LogP contribution in [0.15, 0.2) is 47.0 Å². The molecule has 0 aliphatic rings. The van der Waals surface area contributed by atoms with Crippen LogP contribution in [0.25, 0.3) is 11.3 Å². The van der Waals surface area contributed by atoms with Crippen LogP contribution < -0.4 is 5.43 Å². The third-order valence-corrected chi connectivity index (χ3v) is 4.50. The highest BCUT2D eigenvalue weighted by Crippen LogP contribution is 2.33. The van der Waals surface area contributed by atoms with Gasteiger partial charge in [-0.2, -0.15) is 18.3 Å². The molecule has 0 bridgehead atoms. The zero-order valence-electron chi connectivity index (χ0n) is 13.4. The zero-order valence-corrected chi connectivity index (χ0v) is 15.0. The van der Waals surface area contributed by atoms with Gasteiger partial charge < -0.3 is 0 Å². The Hall–Kier alpha value is -2.45. The molecule has 3 aromatic rings. The number of nitrogens with one attached hydrogen (secondary N) is 1. The Balaban J connectivity index is 1.73. The highest BCUT2D eigenvalue weighted by Gasteiger charge is 2.31. The van der Waals surface area contributed by atoms with Crippen LogP contribution in [0, 0.1) is 6.92 Å². The molecule has 1 N–H and O–H groups in total. The number of aryl methyl sites for hydroxylation is 1. The number of hydrogen-bond acceptors (Lipinski definition) is 5. The predicted octanol–water partition coefficient (Wildman–Crippen LogP) is 5.63. The summed E-state index contributed by atoms with van der Waals surface area (Å²) in [7, 11) is 0. The van der Waals surface area contributed by atoms with E-state index >= 15 is 0 Å². The minimum Gasteiger partial charge on any atom is -0.254 e. The molecule has 0 aliphatic heterocycles. The Labute approximate surface area is 156 Å². The normalized spacial score (nSPS) is 11.9. The minimum atomic E-state index is -4.47. The molecular weight excluding hydrogens is 385 g/mol. The van der Waals surface area contributed by atoms with E-state index in [2.05, 4.69) is 20.5 Å². The van der Waals surface area contributed by atoms with Crippen molar-refractivity contribution in [3.8, 4) is 11.3 Å². The molecule has 3 rings (SSSR count). The molecule has 2 heterocycles. The predicted molar refractivity (Wildman–Crippen MR) is 97.8 cm³/mol. The van der Waals surface area contributed by atoms with Gasteiger partial charge in [0.05, 0.1) is 28.2 Å². The number of benzene rings is 1. The molecule has 0 fully saturated rings. The van der Waals surface area contributed by atoms with Crippen LogP contribution in [-0.2, 0) is 6.18 Å². The van der Waals surface area contributed by atoms with Crippen molar-refractivity contribution in [2.45, 2.75) is 13.1 Å². The maximum atomic E-state index is 12.7. The van der Waals surface area contributed by atoms with Crippen LogP contribution >= 0.6 is 22.9 Å². The van der Waals surface area contributed by atoms with Gasteiger partial charge in [-0.15, -0.1) is 11.3 Å². The average molecular weight is 397 g/mol. The first kappa shape index (κ1) is 18.3. The molecule has 1 aromatic carbocycles. The van der Waals surface area contributed by atoms with Crippen LogP contribution in [0.1, 0.15) is 16.8 Å². The smallest absolute Gasteiger partial charge is 0.254 e. The van der Waals surface area contributed by atoms with E-state index in [0.29, 0.717) is 16.4 Å². The van der Waals surface area contributed by atoms with Crippen molar-refractivity contribution < 1.29 is 13.2 Å². The van der Waals surface area contributed by atoms with Gasteiger partial charge in [0.1, 0.15) is 0 Å². The highest BCUT2D eigenvalue weighted by atomic mass is 35.5. The van der Waals surface area contributed by atoms with Crippen molar-refractivity contribution in [2.75, 3.05) is 5.43 Å². The Morgan fingerprint density at radius 2 is 1.96 bits per heavy atom. The molecule has 0 aliphatic carbocycles. The number of rotatable bonds is 4. The van der Waals surface area contributed by atoms with Crippen molar-refractivity contribution in [3.63, 3.8) is 0 Å². The number of alkyl halides is 3. The topological polar surface area (TPSA) is 50.2 Å². The van der Waals surface area contributed by atoms with E-state index in [1.165, 1.54) is 11.3 Å². The van der Waals surface area contributed by atoms with Gasteiger partial charge in [0.2, 0.25) is 5.13 Å². The number of aromatic nitrogens is 2. The lowest BCUT2D eigenvalue weighted by molar-refractivity contribution is -0.137. The molecule has 0 amide bonds. The Kier molecular flexibility index (Phi) is 5.24. The third kappa shape index (κ3) is 4.39. The third-order valence-electron chi connectivity index (χ3n) is 3.35. The van der Waals surface area contributed by atoms with Gasteiger partial charge >= 0.3 is 6.18 Å². The van der Waals surface area contributed by atoms with E-state index in [-0.39, 0.29) is 5.02 Å². The lowest BCUT2D eigenvalue weighted by Gasteiger charge is -2.09. The number of thiazole rings is 1. The summed E-state index contributed by atoms with van der Waals surface area (Å²) in [4.78, 5) is 8.06. The fraction of sp³-hybridized carbons (Fsp3) is 0.118. The maximum Gasteiger partial charge on any atom is 0.417 e. The quantitative estimate of drug-likeness (QED) is 0.459. The van der Waals surface area contributed by atoms with Crippen LogP contribution in [0.3, 0.4) is 0 Å². The van der Waals surface area contributed by atoms with E-state index in [1.807, 2.05) is 12.3 Å². The molecule has 2 aromatic heterocycles. The van der Waals surface area contributed by atoms with Gasteiger partial charge in [-0.25, -0.2) is 4.98 Å². The first-order valence-corrected chi connectivity index (χ1v) is 8.63. The standard InChI is InChI=1S/C17H12ClF3N4S/c1-10-9-26-16(24-10)25-23-7-11-2-4-12(5-3-11)15-14(18)6-13(8-22-15)17(19,20)21/h2-9H,1H3,(H,24,25). The van der Waals surface area contributed by atoms with E-state index in [0.717, 1.165) is 23.5 Å². The van der Waals surface area contributed by atoms with Gasteiger partial charge in [0.15, 0.2) is 0 Å². The molecule has 0 saturated heterocycles. The van der Waals surface area contributed by atoms with Gasteiger partial charge in [0, 0.05) is 17.1 Å². The number of nitrogens with zero attached hydrogens (tertiary/aromatic N) is 3. The average Bonchev–Trinajstić information content (AvgIpc) is 3.00. The fourth-order valence-electron chi connectivity index (χ4n) is 2.10. The number of hydrazone groups is 1. The van der Waals surface area contributed by atoms with Gasteiger partial charge in [-0.1, -0.05) is 35.9 Å². The molecule has 0 radical (unpaired) electrons. The van der Waals surface area contributed by atoms with Crippen LogP contribution in [0.4, 0.5) is 18.3 Å². The maximum absolute atomic E-state index is 12.7. The van der Waals surface area contributed by atoms with Crippen molar-refractivity contribution in [3.05, 3.63) is 63.8 Å². The molecular formula is C17H12ClF3N4S. The van der Waals surface area contributed by atoms with E-state index < -0.39 is 11.7 Å². The second kappa shape index (κ2) is 7.43. The van der Waals surface area contributed by atoms with E-state index in [4.69, 9.17) is 11.6 Å². The van der Waals surface area contributed by atoms with Crippen LogP contribution in [-0.4, -0.2) is 16.2 Å². The van der Waals surface area contributed by atoms with E-state index in [9.17, 15) is 13.2 Å².